The van der Waals surface area contributed by atoms with Gasteiger partial charge in [-0.3, -0.25) is 0 Å². The molecule has 2 rings (SSSR count). The second kappa shape index (κ2) is 5.77. The summed E-state index contributed by atoms with van der Waals surface area (Å²) in [6.45, 7) is 0.630. The van der Waals surface area contributed by atoms with E-state index in [0.29, 0.717) is 12.4 Å². The number of rotatable bonds is 4. The van der Waals surface area contributed by atoms with E-state index in [0.717, 1.165) is 0 Å². The Kier molecular flexibility index (Phi) is 4.43. The van der Waals surface area contributed by atoms with Crippen molar-refractivity contribution in [2.24, 2.45) is 0 Å². The van der Waals surface area contributed by atoms with Crippen LogP contribution in [0.15, 0.2) is 16.6 Å². The molecule has 1 aromatic rings. The molecule has 1 N–H and O–H groups in total. The van der Waals surface area contributed by atoms with Crippen LogP contribution in [0, 0.1) is 0 Å². The van der Waals surface area contributed by atoms with Gasteiger partial charge in [0.15, 0.2) is 11.5 Å². The van der Waals surface area contributed by atoms with Crippen LogP contribution in [0.25, 0.3) is 0 Å². The molecule has 112 valence electrons. The highest BCUT2D eigenvalue weighted by atomic mass is 79.9. The SMILES string of the molecule is CNC(c1cc2c(cc1Br)OCCO2)C(F)(F)C(F)F. The maximum atomic E-state index is 13.6. The standard InChI is InChI=1S/C12H12BrF4NO2/c1-18-10(12(16,17)11(14)15)6-4-8-9(5-7(6)13)20-3-2-19-8/h4-5,10-11,18H,2-3H2,1H3. The number of nitrogens with one attached hydrogen (secondary N) is 1. The lowest BCUT2D eigenvalue weighted by atomic mass is 10.00. The minimum atomic E-state index is -4.21. The Morgan fingerprint density at radius 3 is 2.25 bits per heavy atom. The number of benzene rings is 1. The highest BCUT2D eigenvalue weighted by Crippen LogP contribution is 2.43. The summed E-state index contributed by atoms with van der Waals surface area (Å²) in [6, 6.07) is 0.888. The molecule has 1 aliphatic heterocycles. The molecular weight excluding hydrogens is 346 g/mol. The van der Waals surface area contributed by atoms with E-state index in [1.165, 1.54) is 19.2 Å². The van der Waals surface area contributed by atoms with Crippen LogP contribution >= 0.6 is 15.9 Å². The molecule has 1 aromatic carbocycles. The molecule has 1 aliphatic rings. The predicted molar refractivity (Wildman–Crippen MR) is 67.9 cm³/mol. The molecule has 0 saturated carbocycles. The summed E-state index contributed by atoms with van der Waals surface area (Å²) in [5, 5.41) is 2.23. The van der Waals surface area contributed by atoms with Crippen LogP contribution in [0.2, 0.25) is 0 Å². The Bertz CT molecular complexity index is 499. The number of hydrogen-bond donors (Lipinski definition) is 1. The molecule has 0 saturated heterocycles. The van der Waals surface area contributed by atoms with Gasteiger partial charge in [0.05, 0.1) is 0 Å². The third-order valence-electron chi connectivity index (χ3n) is 2.94. The topological polar surface area (TPSA) is 30.5 Å². The summed E-state index contributed by atoms with van der Waals surface area (Å²) < 4.78 is 63.1. The summed E-state index contributed by atoms with van der Waals surface area (Å²) in [5.74, 6) is -3.55. The Labute approximate surface area is 121 Å². The van der Waals surface area contributed by atoms with Crippen molar-refractivity contribution in [1.29, 1.82) is 0 Å². The second-order valence-electron chi connectivity index (χ2n) is 4.21. The van der Waals surface area contributed by atoms with Gasteiger partial charge in [-0.25, -0.2) is 8.78 Å². The minimum Gasteiger partial charge on any atom is -0.486 e. The molecule has 1 unspecified atom stereocenters. The van der Waals surface area contributed by atoms with Crippen molar-refractivity contribution in [2.75, 3.05) is 20.3 Å². The molecule has 3 nitrogen and oxygen atoms in total. The van der Waals surface area contributed by atoms with Gasteiger partial charge >= 0.3 is 12.3 Å². The highest BCUT2D eigenvalue weighted by molar-refractivity contribution is 9.10. The number of hydrogen-bond acceptors (Lipinski definition) is 3. The molecule has 0 amide bonds. The molecule has 8 heteroatoms. The van der Waals surface area contributed by atoms with Crippen molar-refractivity contribution in [3.05, 3.63) is 22.2 Å². The fraction of sp³-hybridized carbons (Fsp3) is 0.500. The zero-order valence-electron chi connectivity index (χ0n) is 10.4. The van der Waals surface area contributed by atoms with E-state index in [4.69, 9.17) is 9.47 Å². The van der Waals surface area contributed by atoms with Crippen LogP contribution in [-0.2, 0) is 0 Å². The third-order valence-corrected chi connectivity index (χ3v) is 3.62. The first kappa shape index (κ1) is 15.4. The Hall–Kier alpha value is -1.02. The van der Waals surface area contributed by atoms with Crippen molar-refractivity contribution in [1.82, 2.24) is 5.32 Å². The number of alkyl halides is 4. The van der Waals surface area contributed by atoms with E-state index in [1.54, 1.807) is 0 Å². The quantitative estimate of drug-likeness (QED) is 0.838. The Morgan fingerprint density at radius 2 is 1.75 bits per heavy atom. The molecule has 0 bridgehead atoms. The van der Waals surface area contributed by atoms with Crippen molar-refractivity contribution in [2.45, 2.75) is 18.4 Å². The summed E-state index contributed by atoms with van der Waals surface area (Å²) in [4.78, 5) is 0. The average molecular weight is 358 g/mol. The molecule has 0 fully saturated rings. The van der Waals surface area contributed by atoms with E-state index in [9.17, 15) is 17.6 Å². The van der Waals surface area contributed by atoms with Crippen LogP contribution in [-0.4, -0.2) is 32.6 Å². The van der Waals surface area contributed by atoms with Gasteiger partial charge in [0, 0.05) is 4.47 Å². The zero-order chi connectivity index (χ0) is 14.9. The van der Waals surface area contributed by atoms with E-state index in [1.807, 2.05) is 0 Å². The second-order valence-corrected chi connectivity index (χ2v) is 5.07. The van der Waals surface area contributed by atoms with Crippen molar-refractivity contribution >= 4 is 15.9 Å². The lowest BCUT2D eigenvalue weighted by Gasteiger charge is -2.28. The maximum absolute atomic E-state index is 13.6. The largest absolute Gasteiger partial charge is 0.486 e. The summed E-state index contributed by atoms with van der Waals surface area (Å²) in [7, 11) is 1.20. The normalized spacial score (nSPS) is 16.4. The van der Waals surface area contributed by atoms with Crippen LogP contribution in [0.4, 0.5) is 17.6 Å². The third kappa shape index (κ3) is 2.71. The lowest BCUT2D eigenvalue weighted by molar-refractivity contribution is -0.150. The van der Waals surface area contributed by atoms with E-state index in [2.05, 4.69) is 21.2 Å². The summed E-state index contributed by atoms with van der Waals surface area (Å²) in [5.41, 5.74) is -0.0120. The van der Waals surface area contributed by atoms with Gasteiger partial charge in [-0.1, -0.05) is 15.9 Å². The minimum absolute atomic E-state index is 0.0120. The van der Waals surface area contributed by atoms with Gasteiger partial charge < -0.3 is 14.8 Å². The first-order valence-electron chi connectivity index (χ1n) is 5.80. The smallest absolute Gasteiger partial charge is 0.326 e. The summed E-state index contributed by atoms with van der Waals surface area (Å²) >= 11 is 3.10. The van der Waals surface area contributed by atoms with Gasteiger partial charge in [-0.05, 0) is 24.7 Å². The van der Waals surface area contributed by atoms with Gasteiger partial charge in [-0.2, -0.15) is 8.78 Å². The van der Waals surface area contributed by atoms with Crippen LogP contribution in [0.5, 0.6) is 11.5 Å². The molecule has 1 heterocycles. The molecule has 20 heavy (non-hydrogen) atoms. The first-order valence-corrected chi connectivity index (χ1v) is 6.59. The molecule has 0 spiro atoms. The average Bonchev–Trinajstić information content (AvgIpc) is 2.39. The van der Waals surface area contributed by atoms with Gasteiger partial charge in [0.2, 0.25) is 0 Å². The fourth-order valence-electron chi connectivity index (χ4n) is 1.98. The van der Waals surface area contributed by atoms with Crippen LogP contribution in [0.3, 0.4) is 0 Å². The lowest BCUT2D eigenvalue weighted by Crippen LogP contribution is -2.41. The monoisotopic (exact) mass is 357 g/mol. The summed E-state index contributed by atoms with van der Waals surface area (Å²) in [6.07, 6.45) is -3.78. The number of ether oxygens (including phenoxy) is 2. The highest BCUT2D eigenvalue weighted by Gasteiger charge is 2.49. The van der Waals surface area contributed by atoms with Gasteiger partial charge in [0.25, 0.3) is 0 Å². The molecular formula is C12H12BrF4NO2. The number of fused-ring (bicyclic) bond motifs is 1. The van der Waals surface area contributed by atoms with E-state index < -0.39 is 18.4 Å². The predicted octanol–water partition coefficient (Wildman–Crippen LogP) is 3.38. The Balaban J connectivity index is 2.44. The van der Waals surface area contributed by atoms with E-state index >= 15 is 0 Å². The van der Waals surface area contributed by atoms with Crippen molar-refractivity contribution < 1.29 is 27.0 Å². The number of halogens is 5. The first-order chi connectivity index (χ1) is 9.37. The fourth-order valence-corrected chi connectivity index (χ4v) is 2.53. The molecule has 1 atom stereocenters. The van der Waals surface area contributed by atoms with E-state index in [-0.39, 0.29) is 22.4 Å². The van der Waals surface area contributed by atoms with Gasteiger partial charge in [-0.15, -0.1) is 0 Å². The molecule has 0 radical (unpaired) electrons. The van der Waals surface area contributed by atoms with Gasteiger partial charge in [0.1, 0.15) is 19.3 Å². The Morgan fingerprint density at radius 1 is 1.20 bits per heavy atom. The van der Waals surface area contributed by atoms with Crippen molar-refractivity contribution in [3.8, 4) is 11.5 Å². The van der Waals surface area contributed by atoms with Crippen molar-refractivity contribution in [3.63, 3.8) is 0 Å². The van der Waals surface area contributed by atoms with Crippen LogP contribution < -0.4 is 14.8 Å². The maximum Gasteiger partial charge on any atom is 0.326 e. The molecule has 0 aliphatic carbocycles. The van der Waals surface area contributed by atoms with Crippen LogP contribution in [0.1, 0.15) is 11.6 Å². The zero-order valence-corrected chi connectivity index (χ0v) is 12.0. The molecule has 0 aromatic heterocycles.